The highest BCUT2D eigenvalue weighted by atomic mass is 16.7. The van der Waals surface area contributed by atoms with E-state index in [1.807, 2.05) is 18.2 Å². The van der Waals surface area contributed by atoms with E-state index in [1.54, 1.807) is 13.1 Å². The Morgan fingerprint density at radius 1 is 1.31 bits per heavy atom. The summed E-state index contributed by atoms with van der Waals surface area (Å²) in [4.78, 5) is 16.2. The van der Waals surface area contributed by atoms with Crippen LogP contribution in [-0.4, -0.2) is 25.1 Å². The summed E-state index contributed by atoms with van der Waals surface area (Å²) in [5.41, 5.74) is 3.48. The minimum Gasteiger partial charge on any atom is -0.274 e. The molecule has 0 bridgehead atoms. The summed E-state index contributed by atoms with van der Waals surface area (Å²) in [5.74, 6) is -0.180. The SMILES string of the molecule is CON(C)C(=O)C=Cc1ccc(C)c(C)c1. The lowest BCUT2D eigenvalue weighted by Crippen LogP contribution is -2.22. The van der Waals surface area contributed by atoms with Crippen LogP contribution < -0.4 is 0 Å². The van der Waals surface area contributed by atoms with E-state index in [9.17, 15) is 4.79 Å². The van der Waals surface area contributed by atoms with Crippen LogP contribution in [-0.2, 0) is 9.63 Å². The number of aryl methyl sites for hydroxylation is 2. The first-order chi connectivity index (χ1) is 7.54. The first kappa shape index (κ1) is 12.5. The van der Waals surface area contributed by atoms with Crippen molar-refractivity contribution >= 4 is 12.0 Å². The maximum Gasteiger partial charge on any atom is 0.269 e. The van der Waals surface area contributed by atoms with Crippen molar-refractivity contribution in [3.63, 3.8) is 0 Å². The molecule has 0 aliphatic heterocycles. The van der Waals surface area contributed by atoms with Gasteiger partial charge in [-0.1, -0.05) is 18.2 Å². The maximum absolute atomic E-state index is 11.4. The predicted octanol–water partition coefficient (Wildman–Crippen LogP) is 2.34. The van der Waals surface area contributed by atoms with E-state index in [0.29, 0.717) is 0 Å². The molecule has 0 fully saturated rings. The fourth-order valence-corrected chi connectivity index (χ4v) is 1.23. The van der Waals surface area contributed by atoms with Crippen LogP contribution in [0.4, 0.5) is 0 Å². The molecule has 0 unspecified atom stereocenters. The third-order valence-electron chi connectivity index (χ3n) is 2.53. The fourth-order valence-electron chi connectivity index (χ4n) is 1.23. The minimum atomic E-state index is -0.180. The molecule has 3 nitrogen and oxygen atoms in total. The Morgan fingerprint density at radius 2 is 2.00 bits per heavy atom. The average Bonchev–Trinajstić information content (AvgIpc) is 2.29. The van der Waals surface area contributed by atoms with E-state index in [4.69, 9.17) is 4.84 Å². The van der Waals surface area contributed by atoms with E-state index < -0.39 is 0 Å². The molecule has 0 aromatic heterocycles. The van der Waals surface area contributed by atoms with E-state index in [1.165, 1.54) is 29.4 Å². The molecule has 1 amide bonds. The van der Waals surface area contributed by atoms with Gasteiger partial charge >= 0.3 is 0 Å². The van der Waals surface area contributed by atoms with Gasteiger partial charge in [-0.15, -0.1) is 0 Å². The molecule has 0 atom stereocenters. The summed E-state index contributed by atoms with van der Waals surface area (Å²) in [6, 6.07) is 6.07. The zero-order chi connectivity index (χ0) is 12.1. The molecular weight excluding hydrogens is 202 g/mol. The number of benzene rings is 1. The van der Waals surface area contributed by atoms with Crippen molar-refractivity contribution in [3.8, 4) is 0 Å². The Labute approximate surface area is 96.3 Å². The van der Waals surface area contributed by atoms with Crippen LogP contribution in [0.15, 0.2) is 24.3 Å². The smallest absolute Gasteiger partial charge is 0.269 e. The van der Waals surface area contributed by atoms with Crippen molar-refractivity contribution in [3.05, 3.63) is 41.0 Å². The molecule has 0 aliphatic carbocycles. The monoisotopic (exact) mass is 219 g/mol. The summed E-state index contributed by atoms with van der Waals surface area (Å²) in [7, 11) is 3.04. The number of hydroxylamine groups is 2. The topological polar surface area (TPSA) is 29.5 Å². The molecule has 0 aliphatic rings. The van der Waals surface area contributed by atoms with Crippen molar-refractivity contribution in [1.82, 2.24) is 5.06 Å². The number of nitrogens with zero attached hydrogens (tertiary/aromatic N) is 1. The predicted molar refractivity (Wildman–Crippen MR) is 64.7 cm³/mol. The summed E-state index contributed by atoms with van der Waals surface area (Å²) in [6.07, 6.45) is 3.28. The van der Waals surface area contributed by atoms with Gasteiger partial charge in [-0.05, 0) is 36.6 Å². The average molecular weight is 219 g/mol. The second-order valence-electron chi connectivity index (χ2n) is 3.70. The van der Waals surface area contributed by atoms with E-state index in [0.717, 1.165) is 5.56 Å². The molecule has 0 saturated heterocycles. The van der Waals surface area contributed by atoms with Crippen molar-refractivity contribution in [2.24, 2.45) is 0 Å². The fraction of sp³-hybridized carbons (Fsp3) is 0.308. The van der Waals surface area contributed by atoms with Gasteiger partial charge in [-0.25, -0.2) is 5.06 Å². The van der Waals surface area contributed by atoms with Gasteiger partial charge in [0.2, 0.25) is 0 Å². The molecule has 0 N–H and O–H groups in total. The first-order valence-electron chi connectivity index (χ1n) is 5.11. The molecule has 86 valence electrons. The number of carbonyl (C=O) groups is 1. The molecule has 1 rings (SSSR count). The lowest BCUT2D eigenvalue weighted by Gasteiger charge is -2.10. The third kappa shape index (κ3) is 3.21. The highest BCUT2D eigenvalue weighted by Gasteiger charge is 2.01. The van der Waals surface area contributed by atoms with Crippen molar-refractivity contribution in [1.29, 1.82) is 0 Å². The Morgan fingerprint density at radius 3 is 2.56 bits per heavy atom. The van der Waals surface area contributed by atoms with Gasteiger partial charge in [0, 0.05) is 13.1 Å². The number of likely N-dealkylation sites (N-methyl/N-ethyl adjacent to an activating group) is 1. The van der Waals surface area contributed by atoms with Crippen molar-refractivity contribution in [2.45, 2.75) is 13.8 Å². The number of carbonyl (C=O) groups excluding carboxylic acids is 1. The largest absolute Gasteiger partial charge is 0.274 e. The summed E-state index contributed by atoms with van der Waals surface area (Å²) in [5, 5.41) is 1.18. The van der Waals surface area contributed by atoms with Crippen LogP contribution >= 0.6 is 0 Å². The molecule has 0 heterocycles. The number of amides is 1. The van der Waals surface area contributed by atoms with Gasteiger partial charge in [-0.3, -0.25) is 9.63 Å². The van der Waals surface area contributed by atoms with Crippen LogP contribution in [0.5, 0.6) is 0 Å². The van der Waals surface area contributed by atoms with E-state index in [-0.39, 0.29) is 5.91 Å². The zero-order valence-corrected chi connectivity index (χ0v) is 10.2. The van der Waals surface area contributed by atoms with Crippen LogP contribution in [0.1, 0.15) is 16.7 Å². The van der Waals surface area contributed by atoms with E-state index in [2.05, 4.69) is 13.8 Å². The van der Waals surface area contributed by atoms with Crippen LogP contribution in [0.3, 0.4) is 0 Å². The highest BCUT2D eigenvalue weighted by Crippen LogP contribution is 2.11. The van der Waals surface area contributed by atoms with Gasteiger partial charge in [0.25, 0.3) is 5.91 Å². The van der Waals surface area contributed by atoms with Crippen LogP contribution in [0.25, 0.3) is 6.08 Å². The molecule has 16 heavy (non-hydrogen) atoms. The van der Waals surface area contributed by atoms with Crippen molar-refractivity contribution < 1.29 is 9.63 Å². The quantitative estimate of drug-likeness (QED) is 0.577. The Hall–Kier alpha value is -1.61. The molecule has 1 aromatic carbocycles. The maximum atomic E-state index is 11.4. The summed E-state index contributed by atoms with van der Waals surface area (Å²) < 4.78 is 0. The van der Waals surface area contributed by atoms with Crippen molar-refractivity contribution in [2.75, 3.05) is 14.2 Å². The van der Waals surface area contributed by atoms with Crippen LogP contribution in [0.2, 0.25) is 0 Å². The number of rotatable bonds is 3. The molecule has 0 spiro atoms. The molecule has 3 heteroatoms. The lowest BCUT2D eigenvalue weighted by molar-refractivity contribution is -0.162. The zero-order valence-electron chi connectivity index (χ0n) is 10.2. The minimum absolute atomic E-state index is 0.180. The van der Waals surface area contributed by atoms with Gasteiger partial charge in [0.1, 0.15) is 0 Å². The van der Waals surface area contributed by atoms with Gasteiger partial charge < -0.3 is 0 Å². The second kappa shape index (κ2) is 5.47. The highest BCUT2D eigenvalue weighted by molar-refractivity contribution is 5.90. The first-order valence-corrected chi connectivity index (χ1v) is 5.11. The molecule has 0 saturated carbocycles. The van der Waals surface area contributed by atoms with Gasteiger partial charge in [0.05, 0.1) is 7.11 Å². The normalized spacial score (nSPS) is 10.8. The summed E-state index contributed by atoms with van der Waals surface area (Å²) in [6.45, 7) is 4.11. The number of hydrogen-bond donors (Lipinski definition) is 0. The summed E-state index contributed by atoms with van der Waals surface area (Å²) >= 11 is 0. The molecule has 0 radical (unpaired) electrons. The molecular formula is C13H17NO2. The standard InChI is InChI=1S/C13H17NO2/c1-10-5-6-12(9-11(10)2)7-8-13(15)14(3)16-4/h5-9H,1-4H3. The third-order valence-corrected chi connectivity index (χ3v) is 2.53. The number of hydrogen-bond acceptors (Lipinski definition) is 2. The Bertz CT molecular complexity index is 410. The lowest BCUT2D eigenvalue weighted by atomic mass is 10.1. The second-order valence-corrected chi connectivity index (χ2v) is 3.70. The van der Waals surface area contributed by atoms with E-state index >= 15 is 0 Å². The Balaban J connectivity index is 2.77. The Kier molecular flexibility index (Phi) is 4.26. The van der Waals surface area contributed by atoms with Gasteiger partial charge in [0.15, 0.2) is 0 Å². The van der Waals surface area contributed by atoms with Crippen LogP contribution in [0, 0.1) is 13.8 Å². The van der Waals surface area contributed by atoms with Gasteiger partial charge in [-0.2, -0.15) is 0 Å². The molecule has 1 aromatic rings.